The summed E-state index contributed by atoms with van der Waals surface area (Å²) in [7, 11) is 0. The lowest BCUT2D eigenvalue weighted by molar-refractivity contribution is -0.136. The number of hydrogen-bond acceptors (Lipinski definition) is 4. The lowest BCUT2D eigenvalue weighted by Gasteiger charge is -2.35. The van der Waals surface area contributed by atoms with Gasteiger partial charge in [0, 0.05) is 24.7 Å². The molecule has 5 heteroatoms. The van der Waals surface area contributed by atoms with Gasteiger partial charge in [-0.25, -0.2) is 0 Å². The molecule has 0 saturated carbocycles. The van der Waals surface area contributed by atoms with E-state index < -0.39 is 5.41 Å². The van der Waals surface area contributed by atoms with Crippen molar-refractivity contribution in [1.82, 2.24) is 5.32 Å². The monoisotopic (exact) mass is 308 g/mol. The van der Waals surface area contributed by atoms with Crippen molar-refractivity contribution >= 4 is 17.7 Å². The molecule has 1 aromatic rings. The normalized spacial score (nSPS) is 19.0. The Kier molecular flexibility index (Phi) is 5.67. The molecule has 0 spiro atoms. The summed E-state index contributed by atoms with van der Waals surface area (Å²) < 4.78 is 5.35. The molecule has 0 aromatic heterocycles. The molecule has 4 nitrogen and oxygen atoms in total. The van der Waals surface area contributed by atoms with E-state index in [0.29, 0.717) is 32.6 Å². The summed E-state index contributed by atoms with van der Waals surface area (Å²) in [6.07, 6.45) is 3.46. The van der Waals surface area contributed by atoms with Gasteiger partial charge in [-0.1, -0.05) is 12.1 Å². The molecule has 0 aliphatic carbocycles. The Labute approximate surface area is 130 Å². The maximum absolute atomic E-state index is 12.6. The summed E-state index contributed by atoms with van der Waals surface area (Å²) in [5, 5.41) is 3.11. The Bertz CT molecular complexity index is 470. The Hall–Kier alpha value is -1.04. The molecule has 0 radical (unpaired) electrons. The van der Waals surface area contributed by atoms with Gasteiger partial charge in [-0.15, -0.1) is 11.8 Å². The Morgan fingerprint density at radius 2 is 2.00 bits per heavy atom. The van der Waals surface area contributed by atoms with Crippen LogP contribution in [0, 0.1) is 5.41 Å². The number of hydrogen-bond donors (Lipinski definition) is 2. The number of benzene rings is 1. The standard InChI is InChI=1S/C16H24N2O2S/c1-12(13-3-5-14(21-2)6-4-13)18-15(19)16(11-17)7-9-20-10-8-16/h3-6,12H,7-11,17H2,1-2H3,(H,18,19). The second-order valence-corrected chi connectivity index (χ2v) is 6.44. The largest absolute Gasteiger partial charge is 0.381 e. The van der Waals surface area contributed by atoms with Crippen molar-refractivity contribution in [3.63, 3.8) is 0 Å². The van der Waals surface area contributed by atoms with Gasteiger partial charge >= 0.3 is 0 Å². The first-order valence-corrected chi connectivity index (χ1v) is 8.56. The molecule has 2 rings (SSSR count). The van der Waals surface area contributed by atoms with Crippen LogP contribution in [-0.2, 0) is 9.53 Å². The van der Waals surface area contributed by atoms with Crippen LogP contribution >= 0.6 is 11.8 Å². The summed E-state index contributed by atoms with van der Waals surface area (Å²) in [5.74, 6) is 0.0507. The maximum Gasteiger partial charge on any atom is 0.228 e. The van der Waals surface area contributed by atoms with E-state index in [2.05, 4.69) is 35.8 Å². The summed E-state index contributed by atoms with van der Waals surface area (Å²) in [6, 6.07) is 8.27. The number of nitrogens with two attached hydrogens (primary N) is 1. The first-order chi connectivity index (χ1) is 10.1. The summed E-state index contributed by atoms with van der Waals surface area (Å²) in [5.41, 5.74) is 6.52. The Morgan fingerprint density at radius 1 is 1.38 bits per heavy atom. The van der Waals surface area contributed by atoms with Gasteiger partial charge in [-0.05, 0) is 43.7 Å². The van der Waals surface area contributed by atoms with Gasteiger partial charge in [-0.3, -0.25) is 4.79 Å². The molecule has 3 N–H and O–H groups in total. The Balaban J connectivity index is 2.03. The second-order valence-electron chi connectivity index (χ2n) is 5.57. The Morgan fingerprint density at radius 3 is 2.52 bits per heavy atom. The molecule has 1 amide bonds. The molecule has 1 saturated heterocycles. The topological polar surface area (TPSA) is 64.4 Å². The minimum atomic E-state index is -0.467. The number of ether oxygens (including phenoxy) is 1. The number of carbonyl (C=O) groups is 1. The highest BCUT2D eigenvalue weighted by atomic mass is 32.2. The van der Waals surface area contributed by atoms with Crippen LogP contribution in [0.4, 0.5) is 0 Å². The van der Waals surface area contributed by atoms with Crippen LogP contribution in [0.1, 0.15) is 31.4 Å². The predicted octanol–water partition coefficient (Wildman–Crippen LogP) is 2.34. The second kappa shape index (κ2) is 7.29. The number of carbonyl (C=O) groups excluding carboxylic acids is 1. The highest BCUT2D eigenvalue weighted by molar-refractivity contribution is 7.98. The zero-order valence-corrected chi connectivity index (χ0v) is 13.5. The van der Waals surface area contributed by atoms with E-state index in [1.54, 1.807) is 11.8 Å². The zero-order chi connectivity index (χ0) is 15.3. The van der Waals surface area contributed by atoms with Crippen molar-refractivity contribution in [1.29, 1.82) is 0 Å². The third kappa shape index (κ3) is 3.78. The molecular weight excluding hydrogens is 284 g/mol. The number of thioether (sulfide) groups is 1. The van der Waals surface area contributed by atoms with Crippen LogP contribution < -0.4 is 11.1 Å². The minimum Gasteiger partial charge on any atom is -0.381 e. The highest BCUT2D eigenvalue weighted by Crippen LogP contribution is 2.30. The quantitative estimate of drug-likeness (QED) is 0.820. The molecular formula is C16H24N2O2S. The average molecular weight is 308 g/mol. The van der Waals surface area contributed by atoms with Crippen molar-refractivity contribution in [2.24, 2.45) is 11.1 Å². The first kappa shape index (κ1) is 16.3. The van der Waals surface area contributed by atoms with Gasteiger partial charge in [-0.2, -0.15) is 0 Å². The number of nitrogens with one attached hydrogen (secondary N) is 1. The van der Waals surface area contributed by atoms with Crippen LogP contribution in [0.5, 0.6) is 0 Å². The number of amides is 1. The van der Waals surface area contributed by atoms with Gasteiger partial charge in [0.2, 0.25) is 5.91 Å². The van der Waals surface area contributed by atoms with Crippen LogP contribution in [-0.4, -0.2) is 31.9 Å². The summed E-state index contributed by atoms with van der Waals surface area (Å²) >= 11 is 1.71. The zero-order valence-electron chi connectivity index (χ0n) is 12.7. The van der Waals surface area contributed by atoms with E-state index in [4.69, 9.17) is 10.5 Å². The fraction of sp³-hybridized carbons (Fsp3) is 0.562. The van der Waals surface area contributed by atoms with Crippen molar-refractivity contribution in [3.8, 4) is 0 Å². The van der Waals surface area contributed by atoms with Crippen LogP contribution in [0.25, 0.3) is 0 Å². The average Bonchev–Trinajstić information content (AvgIpc) is 2.55. The molecule has 1 aliphatic rings. The van der Waals surface area contributed by atoms with Crippen LogP contribution in [0.3, 0.4) is 0 Å². The van der Waals surface area contributed by atoms with E-state index in [-0.39, 0.29) is 11.9 Å². The fourth-order valence-corrected chi connectivity index (χ4v) is 3.02. The number of rotatable bonds is 5. The van der Waals surface area contributed by atoms with Gasteiger partial charge in [0.1, 0.15) is 0 Å². The van der Waals surface area contributed by atoms with Crippen molar-refractivity contribution in [2.75, 3.05) is 26.0 Å². The van der Waals surface area contributed by atoms with Crippen molar-refractivity contribution in [3.05, 3.63) is 29.8 Å². The molecule has 1 aromatic carbocycles. The fourth-order valence-electron chi connectivity index (χ4n) is 2.61. The SMILES string of the molecule is CSc1ccc(C(C)NC(=O)C2(CN)CCOCC2)cc1. The molecule has 116 valence electrons. The lowest BCUT2D eigenvalue weighted by atomic mass is 9.79. The van der Waals surface area contributed by atoms with E-state index in [1.165, 1.54) is 4.90 Å². The summed E-state index contributed by atoms with van der Waals surface area (Å²) in [4.78, 5) is 13.8. The smallest absolute Gasteiger partial charge is 0.228 e. The first-order valence-electron chi connectivity index (χ1n) is 7.34. The third-order valence-corrected chi connectivity index (χ3v) is 5.03. The van der Waals surface area contributed by atoms with E-state index in [0.717, 1.165) is 5.56 Å². The highest BCUT2D eigenvalue weighted by Gasteiger charge is 2.39. The molecule has 21 heavy (non-hydrogen) atoms. The van der Waals surface area contributed by atoms with Gasteiger partial charge in [0.05, 0.1) is 11.5 Å². The third-order valence-electron chi connectivity index (χ3n) is 4.29. The predicted molar refractivity (Wildman–Crippen MR) is 86.3 cm³/mol. The van der Waals surface area contributed by atoms with E-state index in [9.17, 15) is 4.79 Å². The summed E-state index contributed by atoms with van der Waals surface area (Å²) in [6.45, 7) is 3.61. The maximum atomic E-state index is 12.6. The molecule has 1 aliphatic heterocycles. The van der Waals surface area contributed by atoms with Crippen molar-refractivity contribution < 1.29 is 9.53 Å². The molecule has 1 unspecified atom stereocenters. The molecule has 0 bridgehead atoms. The van der Waals surface area contributed by atoms with E-state index in [1.807, 2.05) is 6.92 Å². The van der Waals surface area contributed by atoms with Gasteiger partial charge in [0.15, 0.2) is 0 Å². The van der Waals surface area contributed by atoms with Crippen LogP contribution in [0.15, 0.2) is 29.2 Å². The lowest BCUT2D eigenvalue weighted by Crippen LogP contribution is -2.49. The van der Waals surface area contributed by atoms with Crippen molar-refractivity contribution in [2.45, 2.75) is 30.7 Å². The van der Waals surface area contributed by atoms with E-state index >= 15 is 0 Å². The molecule has 1 fully saturated rings. The molecule has 1 atom stereocenters. The molecule has 1 heterocycles. The van der Waals surface area contributed by atoms with Gasteiger partial charge < -0.3 is 15.8 Å². The van der Waals surface area contributed by atoms with Crippen LogP contribution in [0.2, 0.25) is 0 Å². The minimum absolute atomic E-state index is 0.0142. The van der Waals surface area contributed by atoms with Gasteiger partial charge in [0.25, 0.3) is 0 Å².